The van der Waals surface area contributed by atoms with Crippen LogP contribution in [0.2, 0.25) is 0 Å². The Bertz CT molecular complexity index is 1140. The van der Waals surface area contributed by atoms with Crippen LogP contribution in [0.4, 0.5) is 13.6 Å². The van der Waals surface area contributed by atoms with E-state index in [9.17, 15) is 18.4 Å². The highest BCUT2D eigenvalue weighted by Gasteiger charge is 2.56. The van der Waals surface area contributed by atoms with Gasteiger partial charge in [0, 0.05) is 30.4 Å². The number of imide groups is 1. The van der Waals surface area contributed by atoms with Crippen molar-refractivity contribution in [1.29, 1.82) is 0 Å². The number of benzene rings is 2. The Labute approximate surface area is 190 Å². The molecule has 0 aromatic heterocycles. The maximum absolute atomic E-state index is 14.3. The van der Waals surface area contributed by atoms with Gasteiger partial charge < -0.3 is 4.90 Å². The van der Waals surface area contributed by atoms with Gasteiger partial charge in [-0.15, -0.1) is 0 Å². The molecule has 3 aliphatic rings. The van der Waals surface area contributed by atoms with Crippen LogP contribution in [0, 0.1) is 11.6 Å². The lowest BCUT2D eigenvalue weighted by molar-refractivity contribution is -0.139. The number of hydrogen-bond donors (Lipinski definition) is 1. The molecule has 5 rings (SSSR count). The van der Waals surface area contributed by atoms with E-state index in [1.807, 2.05) is 11.8 Å². The molecule has 2 aromatic rings. The van der Waals surface area contributed by atoms with Crippen molar-refractivity contribution in [1.82, 2.24) is 25.0 Å². The average molecular weight is 454 g/mol. The summed E-state index contributed by atoms with van der Waals surface area (Å²) in [5, 5.41) is 9.60. The van der Waals surface area contributed by atoms with Gasteiger partial charge in [-0.25, -0.2) is 18.5 Å². The average Bonchev–Trinajstić information content (AvgIpc) is 3.18. The minimum atomic E-state index is -0.682. The van der Waals surface area contributed by atoms with Crippen LogP contribution in [0.3, 0.4) is 0 Å². The SMILES string of the molecule is CC1=NN(Cc2ccccc2F)C2NC3C(C(=O)N(Cc4ccccc4F)C(=O)N3C)N2C1. The zero-order chi connectivity index (χ0) is 23.3. The fraction of sp³-hybridized carbons (Fsp3) is 0.348. The second-order valence-electron chi connectivity index (χ2n) is 8.54. The van der Waals surface area contributed by atoms with Crippen LogP contribution in [0.1, 0.15) is 18.1 Å². The van der Waals surface area contributed by atoms with Gasteiger partial charge in [-0.05, 0) is 19.1 Å². The quantitative estimate of drug-likeness (QED) is 0.767. The Hall–Kier alpha value is -3.37. The number of nitrogens with zero attached hydrogens (tertiary/aromatic N) is 5. The number of hydrogen-bond acceptors (Lipinski definition) is 6. The summed E-state index contributed by atoms with van der Waals surface area (Å²) in [5.74, 6) is -1.21. The number of hydrazone groups is 1. The maximum Gasteiger partial charge on any atom is 0.328 e. The predicted molar refractivity (Wildman–Crippen MR) is 116 cm³/mol. The van der Waals surface area contributed by atoms with Gasteiger partial charge in [-0.1, -0.05) is 36.4 Å². The Balaban J connectivity index is 1.44. The highest BCUT2D eigenvalue weighted by atomic mass is 19.1. The number of fused-ring (bicyclic) bond motifs is 3. The monoisotopic (exact) mass is 454 g/mol. The lowest BCUT2D eigenvalue weighted by atomic mass is 10.1. The molecule has 172 valence electrons. The molecule has 3 amide bonds. The van der Waals surface area contributed by atoms with E-state index in [1.54, 1.807) is 48.5 Å². The summed E-state index contributed by atoms with van der Waals surface area (Å²) >= 11 is 0. The molecule has 3 heterocycles. The van der Waals surface area contributed by atoms with E-state index < -0.39 is 36.3 Å². The standard InChI is InChI=1S/C23H24F2N6O2/c1-14-11-29-19-20(26-22(29)31(27-14)13-16-8-4-6-10-18(16)25)28(2)23(33)30(21(19)32)12-15-7-3-5-9-17(15)24/h3-10,19-20,22,26H,11-13H2,1-2H3. The number of amides is 3. The highest BCUT2D eigenvalue weighted by molar-refractivity contribution is 6.01. The Kier molecular flexibility index (Phi) is 5.34. The first-order valence-corrected chi connectivity index (χ1v) is 10.7. The van der Waals surface area contributed by atoms with Crippen LogP contribution in [0.15, 0.2) is 53.6 Å². The first-order valence-electron chi connectivity index (χ1n) is 10.7. The zero-order valence-electron chi connectivity index (χ0n) is 18.3. The summed E-state index contributed by atoms with van der Waals surface area (Å²) in [4.78, 5) is 31.0. The molecule has 2 saturated heterocycles. The first kappa shape index (κ1) is 21.5. The van der Waals surface area contributed by atoms with Crippen molar-refractivity contribution in [3.05, 3.63) is 71.3 Å². The molecule has 2 fully saturated rings. The second-order valence-corrected chi connectivity index (χ2v) is 8.54. The third-order valence-corrected chi connectivity index (χ3v) is 6.33. The molecule has 1 N–H and O–H groups in total. The van der Waals surface area contributed by atoms with Crippen LogP contribution >= 0.6 is 0 Å². The molecule has 3 atom stereocenters. The van der Waals surface area contributed by atoms with Gasteiger partial charge in [-0.2, -0.15) is 5.10 Å². The molecule has 33 heavy (non-hydrogen) atoms. The highest BCUT2D eigenvalue weighted by Crippen LogP contribution is 2.32. The smallest absolute Gasteiger partial charge is 0.310 e. The van der Waals surface area contributed by atoms with Crippen molar-refractivity contribution in [3.8, 4) is 0 Å². The number of carbonyl (C=O) groups excluding carboxylic acids is 2. The summed E-state index contributed by atoms with van der Waals surface area (Å²) in [6.45, 7) is 2.30. The number of likely N-dealkylation sites (N-methyl/N-ethyl adjacent to an activating group) is 1. The van der Waals surface area contributed by atoms with Crippen LogP contribution in [0.25, 0.3) is 0 Å². The third-order valence-electron chi connectivity index (χ3n) is 6.33. The molecule has 3 unspecified atom stereocenters. The molecule has 0 radical (unpaired) electrons. The summed E-state index contributed by atoms with van der Waals surface area (Å²) in [7, 11) is 1.61. The van der Waals surface area contributed by atoms with E-state index in [0.29, 0.717) is 12.1 Å². The normalized spacial score (nSPS) is 25.3. The molecule has 10 heteroatoms. The van der Waals surface area contributed by atoms with Gasteiger partial charge in [-0.3, -0.25) is 20.0 Å². The Morgan fingerprint density at radius 2 is 1.61 bits per heavy atom. The van der Waals surface area contributed by atoms with Crippen LogP contribution in [-0.2, 0) is 17.9 Å². The second kappa shape index (κ2) is 8.20. The fourth-order valence-corrected chi connectivity index (χ4v) is 4.71. The number of carbonyl (C=O) groups is 2. The molecule has 0 aliphatic carbocycles. The van der Waals surface area contributed by atoms with Crippen molar-refractivity contribution in [2.45, 2.75) is 38.5 Å². The van der Waals surface area contributed by atoms with Crippen molar-refractivity contribution in [2.75, 3.05) is 13.6 Å². The fourth-order valence-electron chi connectivity index (χ4n) is 4.71. The van der Waals surface area contributed by atoms with Crippen molar-refractivity contribution in [2.24, 2.45) is 5.10 Å². The molecule has 0 spiro atoms. The summed E-state index contributed by atoms with van der Waals surface area (Å²) < 4.78 is 28.5. The minimum Gasteiger partial charge on any atom is -0.310 e. The molecule has 8 nitrogen and oxygen atoms in total. The minimum absolute atomic E-state index is 0.150. The molecular weight excluding hydrogens is 430 g/mol. The van der Waals surface area contributed by atoms with Crippen molar-refractivity contribution in [3.63, 3.8) is 0 Å². The van der Waals surface area contributed by atoms with Crippen LogP contribution in [0.5, 0.6) is 0 Å². The van der Waals surface area contributed by atoms with E-state index in [0.717, 1.165) is 10.6 Å². The lowest BCUT2D eigenvalue weighted by Crippen LogP contribution is -2.66. The number of nitrogens with one attached hydrogen (secondary N) is 1. The van der Waals surface area contributed by atoms with Crippen molar-refractivity contribution < 1.29 is 18.4 Å². The largest absolute Gasteiger partial charge is 0.328 e. The summed E-state index contributed by atoms with van der Waals surface area (Å²) in [5.41, 5.74) is 1.51. The molecule has 2 aromatic carbocycles. The molecule has 0 saturated carbocycles. The van der Waals surface area contributed by atoms with Crippen LogP contribution in [-0.4, -0.2) is 69.4 Å². The topological polar surface area (TPSA) is 71.5 Å². The third kappa shape index (κ3) is 3.65. The summed E-state index contributed by atoms with van der Waals surface area (Å²) in [6, 6.07) is 11.4. The van der Waals surface area contributed by atoms with Gasteiger partial charge in [0.15, 0.2) is 6.29 Å². The number of urea groups is 1. The maximum atomic E-state index is 14.3. The number of rotatable bonds is 4. The zero-order valence-corrected chi connectivity index (χ0v) is 18.3. The van der Waals surface area contributed by atoms with Gasteiger partial charge in [0.1, 0.15) is 23.8 Å². The van der Waals surface area contributed by atoms with E-state index in [4.69, 9.17) is 0 Å². The van der Waals surface area contributed by atoms with Gasteiger partial charge in [0.05, 0.1) is 13.1 Å². The lowest BCUT2D eigenvalue weighted by Gasteiger charge is -2.42. The first-order chi connectivity index (χ1) is 15.8. The van der Waals surface area contributed by atoms with Gasteiger partial charge in [0.2, 0.25) is 0 Å². The Morgan fingerprint density at radius 3 is 2.24 bits per heavy atom. The van der Waals surface area contributed by atoms with E-state index in [1.165, 1.54) is 17.0 Å². The van der Waals surface area contributed by atoms with E-state index in [-0.39, 0.29) is 24.5 Å². The Morgan fingerprint density at radius 1 is 1.00 bits per heavy atom. The molecule has 0 bridgehead atoms. The van der Waals surface area contributed by atoms with Crippen LogP contribution < -0.4 is 5.32 Å². The molecule has 3 aliphatic heterocycles. The van der Waals surface area contributed by atoms with E-state index >= 15 is 0 Å². The number of halogens is 2. The van der Waals surface area contributed by atoms with Gasteiger partial charge >= 0.3 is 6.03 Å². The van der Waals surface area contributed by atoms with Gasteiger partial charge in [0.25, 0.3) is 5.91 Å². The molecular formula is C23H24F2N6O2. The van der Waals surface area contributed by atoms with Crippen molar-refractivity contribution >= 4 is 17.6 Å². The van der Waals surface area contributed by atoms with E-state index in [2.05, 4.69) is 10.4 Å². The summed E-state index contributed by atoms with van der Waals surface area (Å²) in [6.07, 6.45) is -1.09. The predicted octanol–water partition coefficient (Wildman–Crippen LogP) is 2.13.